The van der Waals surface area contributed by atoms with E-state index in [1.165, 1.54) is 0 Å². The smallest absolute Gasteiger partial charge is 0.0793 e. The van der Waals surface area contributed by atoms with Crippen LogP contribution in [0, 0.1) is 0 Å². The second-order valence-electron chi connectivity index (χ2n) is 2.96. The number of nitrogens with one attached hydrogen (secondary N) is 1. The van der Waals surface area contributed by atoms with Crippen molar-refractivity contribution in [3.8, 4) is 0 Å². The van der Waals surface area contributed by atoms with Gasteiger partial charge >= 0.3 is 0 Å². The Hall–Kier alpha value is 0.170. The molecule has 0 bridgehead atoms. The molecular weight excluding hydrogens is 152 g/mol. The van der Waals surface area contributed by atoms with Crippen molar-refractivity contribution < 1.29 is 4.74 Å². The first-order valence-electron chi connectivity index (χ1n) is 3.27. The molecule has 1 rings (SSSR count). The van der Waals surface area contributed by atoms with E-state index in [2.05, 4.69) is 5.43 Å². The second-order valence-corrected chi connectivity index (χ2v) is 2.96. The number of halogens is 1. The maximum Gasteiger partial charge on any atom is 0.0793 e. The first-order chi connectivity index (χ1) is 4.17. The molecule has 0 amide bonds. The fourth-order valence-electron chi connectivity index (χ4n) is 1.17. The molecule has 1 unspecified atom stereocenters. The standard InChI is InChI=1S/C6H14N2O.ClH/c1-6(2)5(8-7)3-4-9-6;/h5,8H,3-4,7H2,1-2H3;1H. The predicted octanol–water partition coefficient (Wildman–Crippen LogP) is 0.439. The summed E-state index contributed by atoms with van der Waals surface area (Å²) in [5.41, 5.74) is 2.65. The maximum atomic E-state index is 5.40. The van der Waals surface area contributed by atoms with Gasteiger partial charge in [0.25, 0.3) is 0 Å². The summed E-state index contributed by atoms with van der Waals surface area (Å²) in [5.74, 6) is 5.28. The largest absolute Gasteiger partial charge is 0.374 e. The SMILES string of the molecule is CC1(C)OCCC1NN.Cl. The topological polar surface area (TPSA) is 47.3 Å². The number of ether oxygens (including phenoxy) is 1. The van der Waals surface area contributed by atoms with E-state index in [1.807, 2.05) is 13.8 Å². The maximum absolute atomic E-state index is 5.40. The molecule has 10 heavy (non-hydrogen) atoms. The molecule has 0 aromatic heterocycles. The first kappa shape index (κ1) is 10.2. The molecule has 0 saturated carbocycles. The predicted molar refractivity (Wildman–Crippen MR) is 43.0 cm³/mol. The molecule has 3 N–H and O–H groups in total. The lowest BCUT2D eigenvalue weighted by atomic mass is 10.0. The third-order valence-corrected chi connectivity index (χ3v) is 1.92. The molecule has 0 spiro atoms. The van der Waals surface area contributed by atoms with Crippen LogP contribution in [-0.4, -0.2) is 18.2 Å². The summed E-state index contributed by atoms with van der Waals surface area (Å²) in [6.45, 7) is 4.91. The Kier molecular flexibility index (Phi) is 3.59. The van der Waals surface area contributed by atoms with Crippen molar-refractivity contribution >= 4 is 12.4 Å². The molecule has 4 heteroatoms. The summed E-state index contributed by atoms with van der Waals surface area (Å²) in [7, 11) is 0. The van der Waals surface area contributed by atoms with Crippen LogP contribution in [0.1, 0.15) is 20.3 Å². The molecule has 1 saturated heterocycles. The number of hydrogen-bond acceptors (Lipinski definition) is 3. The van der Waals surface area contributed by atoms with Gasteiger partial charge in [0, 0.05) is 6.61 Å². The van der Waals surface area contributed by atoms with Crippen LogP contribution in [0.5, 0.6) is 0 Å². The van der Waals surface area contributed by atoms with Gasteiger partial charge in [-0.2, -0.15) is 0 Å². The van der Waals surface area contributed by atoms with E-state index in [0.717, 1.165) is 13.0 Å². The van der Waals surface area contributed by atoms with E-state index in [0.29, 0.717) is 6.04 Å². The van der Waals surface area contributed by atoms with Crippen molar-refractivity contribution in [1.29, 1.82) is 0 Å². The van der Waals surface area contributed by atoms with Crippen molar-refractivity contribution in [3.05, 3.63) is 0 Å². The minimum atomic E-state index is -0.0747. The van der Waals surface area contributed by atoms with Crippen LogP contribution < -0.4 is 11.3 Å². The average Bonchev–Trinajstić information content (AvgIpc) is 2.08. The average molecular weight is 167 g/mol. The van der Waals surface area contributed by atoms with Crippen LogP contribution in [0.3, 0.4) is 0 Å². The molecule has 0 radical (unpaired) electrons. The minimum Gasteiger partial charge on any atom is -0.374 e. The van der Waals surface area contributed by atoms with Gasteiger partial charge in [0.2, 0.25) is 0 Å². The van der Waals surface area contributed by atoms with Crippen LogP contribution in [0.2, 0.25) is 0 Å². The van der Waals surface area contributed by atoms with Gasteiger partial charge in [-0.15, -0.1) is 12.4 Å². The number of rotatable bonds is 1. The summed E-state index contributed by atoms with van der Waals surface area (Å²) in [5, 5.41) is 0. The fraction of sp³-hybridized carbons (Fsp3) is 1.00. The number of hydrazine groups is 1. The van der Waals surface area contributed by atoms with Crippen LogP contribution in [-0.2, 0) is 4.74 Å². The van der Waals surface area contributed by atoms with Crippen LogP contribution in [0.15, 0.2) is 0 Å². The van der Waals surface area contributed by atoms with Crippen molar-refractivity contribution in [1.82, 2.24) is 5.43 Å². The molecule has 0 aromatic rings. The van der Waals surface area contributed by atoms with Gasteiger partial charge in [-0.25, -0.2) is 0 Å². The Balaban J connectivity index is 0.000000810. The van der Waals surface area contributed by atoms with Crippen LogP contribution in [0.25, 0.3) is 0 Å². The highest BCUT2D eigenvalue weighted by Crippen LogP contribution is 2.23. The molecular formula is C6H15ClN2O. The summed E-state index contributed by atoms with van der Waals surface area (Å²) in [6, 6.07) is 0.317. The second kappa shape index (κ2) is 3.53. The molecule has 1 atom stereocenters. The number of hydrogen-bond donors (Lipinski definition) is 2. The lowest BCUT2D eigenvalue weighted by Gasteiger charge is -2.24. The van der Waals surface area contributed by atoms with Crippen molar-refractivity contribution in [3.63, 3.8) is 0 Å². The summed E-state index contributed by atoms with van der Waals surface area (Å²) in [6.07, 6.45) is 1.02. The lowest BCUT2D eigenvalue weighted by Crippen LogP contribution is -2.46. The van der Waals surface area contributed by atoms with E-state index in [4.69, 9.17) is 10.6 Å². The van der Waals surface area contributed by atoms with Gasteiger partial charge in [0.15, 0.2) is 0 Å². The van der Waals surface area contributed by atoms with Crippen molar-refractivity contribution in [2.45, 2.75) is 31.9 Å². The molecule has 1 aliphatic heterocycles. The van der Waals surface area contributed by atoms with E-state index < -0.39 is 0 Å². The van der Waals surface area contributed by atoms with E-state index in [1.54, 1.807) is 0 Å². The Morgan fingerprint density at radius 1 is 1.60 bits per heavy atom. The zero-order valence-electron chi connectivity index (χ0n) is 6.39. The Morgan fingerprint density at radius 2 is 2.20 bits per heavy atom. The zero-order chi connectivity index (χ0) is 6.91. The highest BCUT2D eigenvalue weighted by atomic mass is 35.5. The minimum absolute atomic E-state index is 0. The number of nitrogens with two attached hydrogens (primary N) is 1. The fourth-order valence-corrected chi connectivity index (χ4v) is 1.17. The van der Waals surface area contributed by atoms with Gasteiger partial charge in [0.05, 0.1) is 11.6 Å². The van der Waals surface area contributed by atoms with E-state index in [9.17, 15) is 0 Å². The third-order valence-electron chi connectivity index (χ3n) is 1.92. The molecule has 1 heterocycles. The summed E-state index contributed by atoms with van der Waals surface area (Å²) in [4.78, 5) is 0. The van der Waals surface area contributed by atoms with Gasteiger partial charge in [-0.1, -0.05) is 0 Å². The van der Waals surface area contributed by atoms with Crippen LogP contribution in [0.4, 0.5) is 0 Å². The van der Waals surface area contributed by atoms with E-state index >= 15 is 0 Å². The van der Waals surface area contributed by atoms with Gasteiger partial charge < -0.3 is 4.74 Å². The molecule has 1 fully saturated rings. The first-order valence-corrected chi connectivity index (χ1v) is 3.27. The van der Waals surface area contributed by atoms with Crippen LogP contribution >= 0.6 is 12.4 Å². The van der Waals surface area contributed by atoms with Gasteiger partial charge in [-0.05, 0) is 20.3 Å². The highest BCUT2D eigenvalue weighted by Gasteiger charge is 2.34. The summed E-state index contributed by atoms with van der Waals surface area (Å²) >= 11 is 0. The lowest BCUT2D eigenvalue weighted by molar-refractivity contribution is 0.0218. The molecule has 3 nitrogen and oxygen atoms in total. The third kappa shape index (κ3) is 1.83. The Morgan fingerprint density at radius 3 is 2.40 bits per heavy atom. The molecule has 0 aromatic carbocycles. The monoisotopic (exact) mass is 166 g/mol. The van der Waals surface area contributed by atoms with Crippen molar-refractivity contribution in [2.24, 2.45) is 5.84 Å². The molecule has 0 aliphatic carbocycles. The quantitative estimate of drug-likeness (QED) is 0.439. The zero-order valence-corrected chi connectivity index (χ0v) is 7.20. The van der Waals surface area contributed by atoms with Crippen molar-refractivity contribution in [2.75, 3.05) is 6.61 Å². The molecule has 62 valence electrons. The van der Waals surface area contributed by atoms with Gasteiger partial charge in [0.1, 0.15) is 0 Å². The van der Waals surface area contributed by atoms with Gasteiger partial charge in [-0.3, -0.25) is 11.3 Å². The van der Waals surface area contributed by atoms with E-state index in [-0.39, 0.29) is 18.0 Å². The molecule has 1 aliphatic rings. The Bertz CT molecular complexity index is 108. The normalized spacial score (nSPS) is 29.7. The summed E-state index contributed by atoms with van der Waals surface area (Å²) < 4.78 is 5.40. The highest BCUT2D eigenvalue weighted by molar-refractivity contribution is 5.85. The Labute approximate surface area is 67.7 Å².